The molecule has 2 aliphatic rings. The van der Waals surface area contributed by atoms with Crippen LogP contribution in [0.3, 0.4) is 0 Å². The Bertz CT molecular complexity index is 1160. The summed E-state index contributed by atoms with van der Waals surface area (Å²) in [5.74, 6) is 2.57. The number of benzene rings is 2. The molecule has 0 atom stereocenters. The summed E-state index contributed by atoms with van der Waals surface area (Å²) in [6.45, 7) is 15.1. The maximum Gasteiger partial charge on any atom is 0.143 e. The van der Waals surface area contributed by atoms with E-state index in [2.05, 4.69) is 79.1 Å². The first-order valence-electron chi connectivity index (χ1n) is 15.3. The highest BCUT2D eigenvalue weighted by Crippen LogP contribution is 2.35. The van der Waals surface area contributed by atoms with Gasteiger partial charge in [0.2, 0.25) is 0 Å². The Morgan fingerprint density at radius 3 is 2.20 bits per heavy atom. The molecular weight excluding hydrogens is 496 g/mol. The van der Waals surface area contributed by atoms with Gasteiger partial charge in [0, 0.05) is 50.6 Å². The number of nitrogens with zero attached hydrogens (tertiary/aromatic N) is 4. The Balaban J connectivity index is 0.000000217. The van der Waals surface area contributed by atoms with E-state index in [0.717, 1.165) is 55.2 Å². The molecule has 0 N–H and O–H groups in total. The number of aryl methyl sites for hydroxylation is 2. The number of piperazine rings is 1. The number of ether oxygens (including phenoxy) is 2. The fraction of sp³-hybridized carbons (Fsp3) is 0.559. The summed E-state index contributed by atoms with van der Waals surface area (Å²) in [5.41, 5.74) is 6.13. The van der Waals surface area contributed by atoms with Crippen molar-refractivity contribution >= 4 is 5.69 Å². The average Bonchev–Trinajstić information content (AvgIpc) is 3.66. The summed E-state index contributed by atoms with van der Waals surface area (Å²) >= 11 is 0. The summed E-state index contributed by atoms with van der Waals surface area (Å²) in [7, 11) is 5.82. The van der Waals surface area contributed by atoms with E-state index in [1.807, 2.05) is 33.3 Å². The van der Waals surface area contributed by atoms with Crippen molar-refractivity contribution in [1.82, 2.24) is 14.7 Å². The second-order valence-corrected chi connectivity index (χ2v) is 11.0. The Labute approximate surface area is 243 Å². The highest BCUT2D eigenvalue weighted by molar-refractivity contribution is 5.69. The molecule has 2 aromatic carbocycles. The van der Waals surface area contributed by atoms with Gasteiger partial charge in [0.15, 0.2) is 0 Å². The van der Waals surface area contributed by atoms with Crippen LogP contribution in [0.4, 0.5) is 5.69 Å². The van der Waals surface area contributed by atoms with E-state index in [1.165, 1.54) is 42.5 Å². The van der Waals surface area contributed by atoms with E-state index in [0.29, 0.717) is 12.0 Å². The summed E-state index contributed by atoms with van der Waals surface area (Å²) in [5, 5.41) is 4.17. The number of aromatic nitrogens is 2. The highest BCUT2D eigenvalue weighted by Gasteiger charge is 2.22. The van der Waals surface area contributed by atoms with E-state index in [1.54, 1.807) is 11.8 Å². The van der Waals surface area contributed by atoms with Crippen molar-refractivity contribution in [2.24, 2.45) is 7.05 Å². The normalized spacial score (nSPS) is 15.8. The molecule has 6 heteroatoms. The molecule has 6 nitrogen and oxygen atoms in total. The Morgan fingerprint density at radius 1 is 0.925 bits per heavy atom. The van der Waals surface area contributed by atoms with E-state index >= 15 is 0 Å². The van der Waals surface area contributed by atoms with Crippen molar-refractivity contribution in [3.05, 3.63) is 59.9 Å². The third-order valence-electron chi connectivity index (χ3n) is 7.78. The molecule has 1 aromatic heterocycles. The summed E-state index contributed by atoms with van der Waals surface area (Å²) < 4.78 is 13.6. The van der Waals surface area contributed by atoms with Crippen LogP contribution in [-0.4, -0.2) is 61.1 Å². The molecule has 1 aliphatic heterocycles. The lowest BCUT2D eigenvalue weighted by molar-refractivity contribution is 0.209. The minimum Gasteiger partial charge on any atom is -0.496 e. The van der Waals surface area contributed by atoms with Gasteiger partial charge in [0.05, 0.1) is 25.1 Å². The first-order chi connectivity index (χ1) is 19.4. The number of rotatable bonds is 7. The second kappa shape index (κ2) is 15.7. The zero-order valence-electron chi connectivity index (χ0n) is 26.2. The van der Waals surface area contributed by atoms with Gasteiger partial charge in [-0.1, -0.05) is 52.8 Å². The largest absolute Gasteiger partial charge is 0.496 e. The van der Waals surface area contributed by atoms with Gasteiger partial charge in [-0.05, 0) is 74.4 Å². The van der Waals surface area contributed by atoms with Crippen molar-refractivity contribution in [2.45, 2.75) is 78.7 Å². The molecule has 1 aliphatic carbocycles. The van der Waals surface area contributed by atoms with E-state index in [4.69, 9.17) is 9.47 Å². The lowest BCUT2D eigenvalue weighted by Crippen LogP contribution is -2.44. The average molecular weight is 549 g/mol. The maximum absolute atomic E-state index is 6.42. The van der Waals surface area contributed by atoms with Crippen molar-refractivity contribution in [1.29, 1.82) is 0 Å². The monoisotopic (exact) mass is 548 g/mol. The number of methoxy groups -OCH3 is 1. The van der Waals surface area contributed by atoms with Crippen LogP contribution < -0.4 is 14.4 Å². The Morgan fingerprint density at radius 2 is 1.62 bits per heavy atom. The lowest BCUT2D eigenvalue weighted by Gasteiger charge is -2.35. The minimum atomic E-state index is 0.425. The SMILES string of the molecule is CC.CC(C)c1ccc(N2CCN(C)CC2)c(OC2CCCC2)c1.CCc1ccc(-c2cnn(C)c2)c(OC)c1. The number of hydrogen-bond donors (Lipinski definition) is 0. The molecule has 3 aromatic rings. The van der Waals surface area contributed by atoms with Crippen LogP contribution in [0.5, 0.6) is 11.5 Å². The van der Waals surface area contributed by atoms with Crippen LogP contribution in [0.1, 0.15) is 77.3 Å². The smallest absolute Gasteiger partial charge is 0.143 e. The quantitative estimate of drug-likeness (QED) is 0.305. The van der Waals surface area contributed by atoms with Gasteiger partial charge in [0.25, 0.3) is 0 Å². The zero-order chi connectivity index (χ0) is 29.1. The molecule has 220 valence electrons. The third-order valence-corrected chi connectivity index (χ3v) is 7.78. The van der Waals surface area contributed by atoms with E-state index in [9.17, 15) is 0 Å². The van der Waals surface area contributed by atoms with Gasteiger partial charge in [0.1, 0.15) is 11.5 Å². The molecule has 5 rings (SSSR count). The molecule has 0 spiro atoms. The standard InChI is InChI=1S/C19H30N2O.C13H16N2O.C2H6/c1-15(2)16-8-9-18(21-12-10-20(3)11-13-21)19(14-16)22-17-6-4-5-7-17;1-4-10-5-6-12(13(7-10)16-3)11-8-14-15(2)9-11;1-2/h8-9,14-15,17H,4-7,10-13H2,1-3H3;5-9H,4H2,1-3H3;1-2H3. The molecule has 0 amide bonds. The summed E-state index contributed by atoms with van der Waals surface area (Å²) in [4.78, 5) is 4.89. The van der Waals surface area contributed by atoms with Crippen molar-refractivity contribution in [3.8, 4) is 22.6 Å². The van der Waals surface area contributed by atoms with Crippen LogP contribution in [0.15, 0.2) is 48.8 Å². The third kappa shape index (κ3) is 8.50. The molecule has 0 unspecified atom stereocenters. The maximum atomic E-state index is 6.42. The second-order valence-electron chi connectivity index (χ2n) is 11.0. The molecule has 2 fully saturated rings. The van der Waals surface area contributed by atoms with E-state index in [-0.39, 0.29) is 0 Å². The molecule has 40 heavy (non-hydrogen) atoms. The van der Waals surface area contributed by atoms with Crippen LogP contribution in [-0.2, 0) is 13.5 Å². The van der Waals surface area contributed by atoms with Crippen molar-refractivity contribution in [2.75, 3.05) is 45.2 Å². The highest BCUT2D eigenvalue weighted by atomic mass is 16.5. The minimum absolute atomic E-state index is 0.425. The van der Waals surface area contributed by atoms with Crippen molar-refractivity contribution < 1.29 is 9.47 Å². The van der Waals surface area contributed by atoms with Gasteiger partial charge < -0.3 is 19.3 Å². The molecule has 1 saturated heterocycles. The molecule has 1 saturated carbocycles. The molecule has 2 heterocycles. The first-order valence-corrected chi connectivity index (χ1v) is 15.3. The summed E-state index contributed by atoms with van der Waals surface area (Å²) in [6.07, 6.45) is 10.4. The lowest BCUT2D eigenvalue weighted by atomic mass is 10.0. The van der Waals surface area contributed by atoms with Crippen LogP contribution in [0.2, 0.25) is 0 Å². The Kier molecular flexibility index (Phi) is 12.4. The fourth-order valence-electron chi connectivity index (χ4n) is 5.23. The van der Waals surface area contributed by atoms with Crippen LogP contribution in [0, 0.1) is 0 Å². The van der Waals surface area contributed by atoms with Gasteiger partial charge in [-0.3, -0.25) is 4.68 Å². The molecular formula is C34H52N4O2. The number of anilines is 1. The van der Waals surface area contributed by atoms with Gasteiger partial charge in [-0.2, -0.15) is 5.10 Å². The summed E-state index contributed by atoms with van der Waals surface area (Å²) in [6, 6.07) is 13.2. The van der Waals surface area contributed by atoms with Crippen molar-refractivity contribution in [3.63, 3.8) is 0 Å². The topological polar surface area (TPSA) is 42.8 Å². The zero-order valence-corrected chi connectivity index (χ0v) is 26.2. The predicted octanol–water partition coefficient (Wildman–Crippen LogP) is 7.57. The first kappa shape index (κ1) is 31.5. The van der Waals surface area contributed by atoms with Crippen LogP contribution in [0.25, 0.3) is 11.1 Å². The fourth-order valence-corrected chi connectivity index (χ4v) is 5.23. The Hall–Kier alpha value is -2.99. The van der Waals surface area contributed by atoms with Gasteiger partial charge >= 0.3 is 0 Å². The van der Waals surface area contributed by atoms with Gasteiger partial charge in [-0.15, -0.1) is 0 Å². The molecule has 0 radical (unpaired) electrons. The van der Waals surface area contributed by atoms with E-state index < -0.39 is 0 Å². The number of hydrogen-bond acceptors (Lipinski definition) is 5. The number of likely N-dealkylation sites (N-methyl/N-ethyl adjacent to an activating group) is 1. The molecule has 0 bridgehead atoms. The van der Waals surface area contributed by atoms with Crippen LogP contribution >= 0.6 is 0 Å². The predicted molar refractivity (Wildman–Crippen MR) is 169 cm³/mol. The van der Waals surface area contributed by atoms with Gasteiger partial charge in [-0.25, -0.2) is 0 Å².